The zero-order chi connectivity index (χ0) is 21.0. The van der Waals surface area contributed by atoms with Crippen LogP contribution in [-0.2, 0) is 14.3 Å². The van der Waals surface area contributed by atoms with Gasteiger partial charge in [0.15, 0.2) is 0 Å². The number of benzene rings is 1. The molecule has 0 bridgehead atoms. The van der Waals surface area contributed by atoms with Gasteiger partial charge in [0.05, 0.1) is 30.2 Å². The van der Waals surface area contributed by atoms with Crippen LogP contribution in [0.15, 0.2) is 18.2 Å². The zero-order valence-corrected chi connectivity index (χ0v) is 18.3. The number of carbonyl (C=O) groups is 1. The maximum atomic E-state index is 11.1. The zero-order valence-electron chi connectivity index (χ0n) is 18.3. The van der Waals surface area contributed by atoms with Crippen LogP contribution in [0.25, 0.3) is 0 Å². The van der Waals surface area contributed by atoms with Crippen molar-refractivity contribution in [2.45, 2.75) is 77.5 Å². The van der Waals surface area contributed by atoms with Gasteiger partial charge in [-0.2, -0.15) is 0 Å². The number of carbonyl (C=O) groups excluding carboxylic acids is 1. The molecular formula is C22H35N3O4. The predicted molar refractivity (Wildman–Crippen MR) is 114 cm³/mol. The summed E-state index contributed by atoms with van der Waals surface area (Å²) in [6, 6.07) is 6.21. The summed E-state index contributed by atoms with van der Waals surface area (Å²) in [5.74, 6) is 0.344. The molecule has 1 aliphatic heterocycles. The molecule has 1 fully saturated rings. The Labute approximate surface area is 174 Å². The number of fused-ring (bicyclic) bond motifs is 1. The molecule has 29 heavy (non-hydrogen) atoms. The van der Waals surface area contributed by atoms with Crippen LogP contribution < -0.4 is 20.3 Å². The molecule has 3 rings (SSSR count). The van der Waals surface area contributed by atoms with Gasteiger partial charge in [-0.05, 0) is 51.7 Å². The van der Waals surface area contributed by atoms with Crippen molar-refractivity contribution in [1.29, 1.82) is 0 Å². The maximum Gasteiger partial charge on any atom is 0.217 e. The third-order valence-corrected chi connectivity index (χ3v) is 5.72. The second-order valence-corrected chi connectivity index (χ2v) is 8.23. The predicted octanol–water partition coefficient (Wildman–Crippen LogP) is 3.49. The Morgan fingerprint density at radius 3 is 2.66 bits per heavy atom. The van der Waals surface area contributed by atoms with E-state index in [2.05, 4.69) is 27.7 Å². The third-order valence-electron chi connectivity index (χ3n) is 5.72. The third kappa shape index (κ3) is 5.34. The van der Waals surface area contributed by atoms with Crippen LogP contribution in [0, 0.1) is 0 Å². The lowest BCUT2D eigenvalue weighted by Crippen LogP contribution is -2.48. The highest BCUT2D eigenvalue weighted by atomic mass is 16.5. The van der Waals surface area contributed by atoms with Crippen LogP contribution in [0.4, 0.5) is 11.4 Å². The average Bonchev–Trinajstić information content (AvgIpc) is 2.91. The fourth-order valence-corrected chi connectivity index (χ4v) is 4.12. The SMILES string of the molecule is CCOC1(C)Nc2ccc(O[C@H]3CC[C@H](OC[C@H](C)NC(C)=O)CC3)cc2N1C. The Kier molecular flexibility index (Phi) is 6.90. The number of rotatable bonds is 8. The highest BCUT2D eigenvalue weighted by Gasteiger charge is 2.38. The van der Waals surface area contributed by atoms with E-state index >= 15 is 0 Å². The molecule has 1 aromatic rings. The molecule has 0 spiro atoms. The molecule has 1 amide bonds. The van der Waals surface area contributed by atoms with Crippen molar-refractivity contribution < 1.29 is 19.0 Å². The lowest BCUT2D eigenvalue weighted by atomic mass is 9.95. The summed E-state index contributed by atoms with van der Waals surface area (Å²) < 4.78 is 18.1. The van der Waals surface area contributed by atoms with Gasteiger partial charge >= 0.3 is 0 Å². The van der Waals surface area contributed by atoms with Gasteiger partial charge in [-0.15, -0.1) is 0 Å². The number of hydrogen-bond donors (Lipinski definition) is 2. The molecule has 0 aromatic heterocycles. The topological polar surface area (TPSA) is 72.1 Å². The van der Waals surface area contributed by atoms with Crippen LogP contribution >= 0.6 is 0 Å². The largest absolute Gasteiger partial charge is 0.490 e. The van der Waals surface area contributed by atoms with Crippen molar-refractivity contribution in [3.63, 3.8) is 0 Å². The molecule has 1 heterocycles. The Balaban J connectivity index is 1.48. The minimum atomic E-state index is -0.528. The van der Waals surface area contributed by atoms with Crippen LogP contribution in [0.1, 0.15) is 53.4 Å². The summed E-state index contributed by atoms with van der Waals surface area (Å²) >= 11 is 0. The first-order valence-corrected chi connectivity index (χ1v) is 10.7. The molecule has 2 aliphatic rings. The second-order valence-electron chi connectivity index (χ2n) is 8.23. The summed E-state index contributed by atoms with van der Waals surface area (Å²) in [4.78, 5) is 13.2. The number of anilines is 2. The van der Waals surface area contributed by atoms with Crippen molar-refractivity contribution >= 4 is 17.3 Å². The summed E-state index contributed by atoms with van der Waals surface area (Å²) in [5.41, 5.74) is 2.14. The minimum Gasteiger partial charge on any atom is -0.490 e. The number of nitrogens with zero attached hydrogens (tertiary/aromatic N) is 1. The van der Waals surface area contributed by atoms with Gasteiger partial charge in [0.25, 0.3) is 0 Å². The molecule has 1 unspecified atom stereocenters. The normalized spacial score (nSPS) is 27.1. The van der Waals surface area contributed by atoms with E-state index in [-0.39, 0.29) is 24.2 Å². The summed E-state index contributed by atoms with van der Waals surface area (Å²) in [6.07, 6.45) is 4.35. The summed E-state index contributed by atoms with van der Waals surface area (Å²) in [7, 11) is 2.03. The van der Waals surface area contributed by atoms with E-state index in [0.29, 0.717) is 13.2 Å². The van der Waals surface area contributed by atoms with Gasteiger partial charge < -0.3 is 29.7 Å². The molecule has 2 atom stereocenters. The van der Waals surface area contributed by atoms with Crippen molar-refractivity contribution in [1.82, 2.24) is 5.32 Å². The van der Waals surface area contributed by atoms with E-state index in [1.807, 2.05) is 33.9 Å². The summed E-state index contributed by atoms with van der Waals surface area (Å²) in [5, 5.41) is 6.29. The average molecular weight is 406 g/mol. The molecule has 1 saturated carbocycles. The first-order chi connectivity index (χ1) is 13.8. The van der Waals surface area contributed by atoms with Gasteiger partial charge in [0.1, 0.15) is 5.75 Å². The molecule has 7 heteroatoms. The number of amides is 1. The van der Waals surface area contributed by atoms with E-state index in [0.717, 1.165) is 42.8 Å². The molecule has 1 aromatic carbocycles. The van der Waals surface area contributed by atoms with Gasteiger partial charge in [0, 0.05) is 39.6 Å². The number of hydrogen-bond acceptors (Lipinski definition) is 6. The monoisotopic (exact) mass is 405 g/mol. The smallest absolute Gasteiger partial charge is 0.217 e. The first kappa shape index (κ1) is 21.7. The van der Waals surface area contributed by atoms with E-state index in [4.69, 9.17) is 14.2 Å². The second kappa shape index (κ2) is 9.22. The highest BCUT2D eigenvalue weighted by molar-refractivity contribution is 5.78. The number of ether oxygens (including phenoxy) is 3. The molecule has 0 saturated heterocycles. The molecule has 7 nitrogen and oxygen atoms in total. The highest BCUT2D eigenvalue weighted by Crippen LogP contribution is 2.41. The molecule has 2 N–H and O–H groups in total. The van der Waals surface area contributed by atoms with Crippen molar-refractivity contribution in [2.24, 2.45) is 0 Å². The molecule has 1 aliphatic carbocycles. The van der Waals surface area contributed by atoms with Gasteiger partial charge in [-0.1, -0.05) is 0 Å². The van der Waals surface area contributed by atoms with Crippen molar-refractivity contribution in [3.05, 3.63) is 18.2 Å². The number of nitrogens with one attached hydrogen (secondary N) is 2. The van der Waals surface area contributed by atoms with E-state index in [1.165, 1.54) is 6.92 Å². The Morgan fingerprint density at radius 1 is 1.31 bits per heavy atom. The van der Waals surface area contributed by atoms with Crippen LogP contribution in [-0.4, -0.2) is 50.3 Å². The van der Waals surface area contributed by atoms with E-state index in [1.54, 1.807) is 0 Å². The Hall–Kier alpha value is -1.99. The standard InChI is InChI=1S/C22H35N3O4/c1-6-28-22(4)24-20-12-11-19(13-21(20)25(22)5)29-18-9-7-17(8-10-18)27-14-15(2)23-16(3)26/h11-13,15,17-18,24H,6-10,14H2,1-5H3,(H,23,26)/t15-,17-,18-,22?/m0/s1. The Bertz CT molecular complexity index is 705. The lowest BCUT2D eigenvalue weighted by Gasteiger charge is -2.33. The first-order valence-electron chi connectivity index (χ1n) is 10.7. The van der Waals surface area contributed by atoms with E-state index < -0.39 is 5.85 Å². The quantitative estimate of drug-likeness (QED) is 0.690. The lowest BCUT2D eigenvalue weighted by molar-refractivity contribution is -0.120. The van der Waals surface area contributed by atoms with Gasteiger partial charge in [-0.3, -0.25) is 4.79 Å². The van der Waals surface area contributed by atoms with Crippen molar-refractivity contribution in [3.8, 4) is 5.75 Å². The fraction of sp³-hybridized carbons (Fsp3) is 0.682. The summed E-state index contributed by atoms with van der Waals surface area (Å²) in [6.45, 7) is 8.72. The Morgan fingerprint density at radius 2 is 2.00 bits per heavy atom. The fourth-order valence-electron chi connectivity index (χ4n) is 4.12. The van der Waals surface area contributed by atoms with Gasteiger partial charge in [0.2, 0.25) is 11.8 Å². The minimum absolute atomic E-state index is 0.0185. The van der Waals surface area contributed by atoms with Crippen LogP contribution in [0.2, 0.25) is 0 Å². The molecular weight excluding hydrogens is 370 g/mol. The molecule has 0 radical (unpaired) electrons. The van der Waals surface area contributed by atoms with E-state index in [9.17, 15) is 4.79 Å². The molecule has 162 valence electrons. The van der Waals surface area contributed by atoms with Crippen LogP contribution in [0.3, 0.4) is 0 Å². The van der Waals surface area contributed by atoms with Gasteiger partial charge in [-0.25, -0.2) is 0 Å². The van der Waals surface area contributed by atoms with Crippen LogP contribution in [0.5, 0.6) is 5.75 Å². The maximum absolute atomic E-state index is 11.1. The van der Waals surface area contributed by atoms with Crippen molar-refractivity contribution in [2.75, 3.05) is 30.5 Å².